The molecule has 0 radical (unpaired) electrons. The van der Waals surface area contributed by atoms with Gasteiger partial charge in [-0.15, -0.1) is 0 Å². The van der Waals surface area contributed by atoms with E-state index in [1.807, 2.05) is 30.3 Å². The Morgan fingerprint density at radius 2 is 1.72 bits per heavy atom. The Hall–Kier alpha value is -4.75. The van der Waals surface area contributed by atoms with Gasteiger partial charge in [-0.2, -0.15) is 10.5 Å². The van der Waals surface area contributed by atoms with Crippen LogP contribution in [0.4, 0.5) is 17.6 Å². The van der Waals surface area contributed by atoms with Gasteiger partial charge in [-0.3, -0.25) is 0 Å². The van der Waals surface area contributed by atoms with Gasteiger partial charge in [0, 0.05) is 11.5 Å². The first kappa shape index (κ1) is 20.5. The average molecular weight is 417 g/mol. The van der Waals surface area contributed by atoms with Crippen LogP contribution in [-0.2, 0) is 0 Å². The van der Waals surface area contributed by atoms with Gasteiger partial charge in [0.2, 0.25) is 5.95 Å². The van der Waals surface area contributed by atoms with Crippen LogP contribution in [0.2, 0.25) is 0 Å². The molecule has 0 atom stereocenters. The number of hydrogen-bond donors (Lipinski definition) is 2. The number of nitrogens with one attached hydrogen (secondary N) is 1. The lowest BCUT2D eigenvalue weighted by atomic mass is 9.90. The van der Waals surface area contributed by atoms with E-state index in [1.54, 1.807) is 6.08 Å². The Morgan fingerprint density at radius 1 is 1.00 bits per heavy atom. The molecule has 2 aromatic carbocycles. The number of anilines is 3. The maximum absolute atomic E-state index is 8.92. The molecular weight excluding hydrogens is 398 g/mol. The molecule has 7 heteroatoms. The van der Waals surface area contributed by atoms with Crippen molar-refractivity contribution in [2.75, 3.05) is 11.1 Å². The Kier molecular flexibility index (Phi) is 5.48. The van der Waals surface area contributed by atoms with Crippen LogP contribution in [0.1, 0.15) is 22.3 Å². The van der Waals surface area contributed by atoms with E-state index >= 15 is 0 Å². The molecule has 0 unspecified atom stereocenters. The van der Waals surface area contributed by atoms with Gasteiger partial charge < -0.3 is 11.1 Å². The highest BCUT2D eigenvalue weighted by molar-refractivity contribution is 6.03. The Labute approximate surface area is 185 Å². The molecular formula is C25H19N7. The summed E-state index contributed by atoms with van der Waals surface area (Å²) in [6.45, 7) is 4.11. The third-order valence-electron chi connectivity index (χ3n) is 5.10. The van der Waals surface area contributed by atoms with Crippen molar-refractivity contribution in [2.45, 2.75) is 13.8 Å². The monoisotopic (exact) mass is 417 g/mol. The van der Waals surface area contributed by atoms with E-state index in [0.717, 1.165) is 38.6 Å². The van der Waals surface area contributed by atoms with Crippen molar-refractivity contribution in [1.82, 2.24) is 15.0 Å². The summed E-state index contributed by atoms with van der Waals surface area (Å²) < 4.78 is 0. The molecule has 4 rings (SSSR count). The molecule has 0 amide bonds. The second-order valence-corrected chi connectivity index (χ2v) is 7.32. The fraction of sp³-hybridized carbons (Fsp3) is 0.0800. The second kappa shape index (κ2) is 8.55. The highest BCUT2D eigenvalue weighted by Crippen LogP contribution is 2.36. The molecule has 0 saturated heterocycles. The summed E-state index contributed by atoms with van der Waals surface area (Å²) in [5.41, 5.74) is 12.0. The zero-order chi connectivity index (χ0) is 22.7. The molecule has 0 aliphatic carbocycles. The smallest absolute Gasteiger partial charge is 0.228 e. The van der Waals surface area contributed by atoms with Crippen molar-refractivity contribution < 1.29 is 0 Å². The fourth-order valence-corrected chi connectivity index (χ4v) is 3.80. The highest BCUT2D eigenvalue weighted by Gasteiger charge is 2.14. The van der Waals surface area contributed by atoms with E-state index in [1.165, 1.54) is 18.5 Å². The Morgan fingerprint density at radius 3 is 2.38 bits per heavy atom. The van der Waals surface area contributed by atoms with Gasteiger partial charge in [-0.25, -0.2) is 15.0 Å². The van der Waals surface area contributed by atoms with Crippen LogP contribution >= 0.6 is 0 Å². The molecule has 2 aromatic heterocycles. The molecule has 0 aliphatic heterocycles. The van der Waals surface area contributed by atoms with Gasteiger partial charge in [0.25, 0.3) is 0 Å². The molecule has 154 valence electrons. The molecule has 4 aromatic rings. The molecule has 0 aliphatic rings. The Balaban J connectivity index is 1.83. The number of aryl methyl sites for hydroxylation is 2. The van der Waals surface area contributed by atoms with Crippen molar-refractivity contribution in [3.05, 3.63) is 77.1 Å². The number of allylic oxidation sites excluding steroid dienone is 1. The summed E-state index contributed by atoms with van der Waals surface area (Å²) in [5.74, 6) is 1.23. The lowest BCUT2D eigenvalue weighted by molar-refractivity contribution is 1.14. The first-order valence-electron chi connectivity index (χ1n) is 9.86. The quantitative estimate of drug-likeness (QED) is 0.445. The van der Waals surface area contributed by atoms with Crippen LogP contribution in [-0.4, -0.2) is 15.0 Å². The lowest BCUT2D eigenvalue weighted by Crippen LogP contribution is -2.02. The molecule has 3 N–H and O–H groups in total. The van der Waals surface area contributed by atoms with Crippen LogP contribution < -0.4 is 11.1 Å². The van der Waals surface area contributed by atoms with Crippen LogP contribution in [0.15, 0.2) is 54.9 Å². The number of nitriles is 2. The predicted molar refractivity (Wildman–Crippen MR) is 126 cm³/mol. The largest absolute Gasteiger partial charge is 0.383 e. The molecule has 32 heavy (non-hydrogen) atoms. The lowest BCUT2D eigenvalue weighted by Gasteiger charge is -2.16. The number of aromatic nitrogens is 3. The number of pyridine rings is 1. The van der Waals surface area contributed by atoms with E-state index in [2.05, 4.69) is 52.3 Å². The Bertz CT molecular complexity index is 1420. The summed E-state index contributed by atoms with van der Waals surface area (Å²) in [7, 11) is 0. The first-order chi connectivity index (χ1) is 15.5. The molecule has 0 fully saturated rings. The minimum Gasteiger partial charge on any atom is -0.383 e. The maximum Gasteiger partial charge on any atom is 0.228 e. The number of nitrogen functional groups attached to an aromatic ring is 1. The third kappa shape index (κ3) is 3.96. The number of benzene rings is 2. The third-order valence-corrected chi connectivity index (χ3v) is 5.10. The van der Waals surface area contributed by atoms with Crippen LogP contribution in [0.5, 0.6) is 0 Å². The zero-order valence-corrected chi connectivity index (χ0v) is 17.6. The summed E-state index contributed by atoms with van der Waals surface area (Å²) in [6, 6.07) is 16.0. The number of nitrogens with two attached hydrogens (primary N) is 1. The van der Waals surface area contributed by atoms with Crippen molar-refractivity contribution in [3.8, 4) is 23.3 Å². The second-order valence-electron chi connectivity index (χ2n) is 7.32. The van der Waals surface area contributed by atoms with E-state index in [0.29, 0.717) is 23.1 Å². The van der Waals surface area contributed by atoms with E-state index in [9.17, 15) is 0 Å². The molecule has 0 saturated carbocycles. The van der Waals surface area contributed by atoms with Gasteiger partial charge in [0.15, 0.2) is 0 Å². The first-order valence-corrected chi connectivity index (χ1v) is 9.86. The maximum atomic E-state index is 8.92. The number of fused-ring (bicyclic) bond motifs is 1. The van der Waals surface area contributed by atoms with Crippen molar-refractivity contribution in [2.24, 2.45) is 0 Å². The van der Waals surface area contributed by atoms with E-state index < -0.39 is 0 Å². The zero-order valence-electron chi connectivity index (χ0n) is 17.6. The molecule has 0 spiro atoms. The van der Waals surface area contributed by atoms with Crippen LogP contribution in [0, 0.1) is 36.5 Å². The van der Waals surface area contributed by atoms with Gasteiger partial charge in [0.1, 0.15) is 17.7 Å². The van der Waals surface area contributed by atoms with Crippen molar-refractivity contribution in [1.29, 1.82) is 10.5 Å². The minimum absolute atomic E-state index is 0.328. The summed E-state index contributed by atoms with van der Waals surface area (Å²) in [6.07, 6.45) is 6.16. The molecule has 0 bridgehead atoms. The fourth-order valence-electron chi connectivity index (χ4n) is 3.80. The summed E-state index contributed by atoms with van der Waals surface area (Å²) in [5, 5.41) is 22.6. The predicted octanol–water partition coefficient (Wildman–Crippen LogP) is 5.04. The van der Waals surface area contributed by atoms with E-state index in [4.69, 9.17) is 16.3 Å². The molecule has 2 heterocycles. The molecule has 7 nitrogen and oxygen atoms in total. The number of nitrogens with zero attached hydrogens (tertiary/aromatic N) is 5. The van der Waals surface area contributed by atoms with Gasteiger partial charge in [0.05, 0.1) is 24.0 Å². The van der Waals surface area contributed by atoms with Crippen molar-refractivity contribution in [3.63, 3.8) is 0 Å². The topological polar surface area (TPSA) is 124 Å². The number of rotatable bonds is 4. The van der Waals surface area contributed by atoms with Crippen molar-refractivity contribution >= 4 is 34.4 Å². The average Bonchev–Trinajstić information content (AvgIpc) is 2.78. The van der Waals surface area contributed by atoms with E-state index in [-0.39, 0.29) is 0 Å². The SMILES string of the molecule is Cc1cc(C=CC#N)cc(C)c1-c1cccc2c(N)nc(Nc3ncc(C#N)cn3)cc12. The van der Waals surface area contributed by atoms with Gasteiger partial charge in [-0.1, -0.05) is 30.3 Å². The minimum atomic E-state index is 0.328. The normalized spacial score (nSPS) is 10.8. The van der Waals surface area contributed by atoms with Crippen LogP contribution in [0.3, 0.4) is 0 Å². The summed E-state index contributed by atoms with van der Waals surface area (Å²) >= 11 is 0. The van der Waals surface area contributed by atoms with Crippen LogP contribution in [0.25, 0.3) is 28.0 Å². The standard InChI is InChI=1S/C25H19N7/c1-15-9-17(5-4-8-26)10-16(2)23(15)19-6-3-7-20-21(19)11-22(31-24(20)28)32-25-29-13-18(12-27)14-30-25/h3-7,9-11,13-14H,1-2H3,(H3,28,29,30,31,32). The van der Waals surface area contributed by atoms with Gasteiger partial charge in [-0.05, 0) is 59.2 Å². The van der Waals surface area contributed by atoms with Gasteiger partial charge >= 0.3 is 0 Å². The summed E-state index contributed by atoms with van der Waals surface area (Å²) in [4.78, 5) is 12.7. The highest BCUT2D eigenvalue weighted by atomic mass is 15.1. The number of hydrogen-bond acceptors (Lipinski definition) is 7.